The fourth-order valence-electron chi connectivity index (χ4n) is 3.28. The van der Waals surface area contributed by atoms with Crippen LogP contribution in [0, 0.1) is 0 Å². The zero-order valence-corrected chi connectivity index (χ0v) is 19.3. The highest BCUT2D eigenvalue weighted by molar-refractivity contribution is 9.10. The number of thioether (sulfide) groups is 1. The van der Waals surface area contributed by atoms with Gasteiger partial charge in [-0.05, 0) is 48.2 Å². The predicted octanol–water partition coefficient (Wildman–Crippen LogP) is 5.11. The Morgan fingerprint density at radius 2 is 1.85 bits per heavy atom. The topological polar surface area (TPSA) is 98.1 Å². The number of carbonyl (C=O) groups is 3. The summed E-state index contributed by atoms with van der Waals surface area (Å²) in [6.07, 6.45) is 1.50. The van der Waals surface area contributed by atoms with Crippen LogP contribution in [-0.2, 0) is 9.59 Å². The molecule has 3 heterocycles. The number of rotatable bonds is 5. The Morgan fingerprint density at radius 1 is 1.06 bits per heavy atom. The molecule has 1 fully saturated rings. The highest BCUT2D eigenvalue weighted by Gasteiger charge is 2.36. The average molecular weight is 527 g/mol. The molecule has 0 atom stereocenters. The minimum Gasteiger partial charge on any atom is -0.457 e. The number of fused-ring (bicyclic) bond motifs is 1. The lowest BCUT2D eigenvalue weighted by molar-refractivity contribution is -0.127. The zero-order valence-electron chi connectivity index (χ0n) is 16.9. The van der Waals surface area contributed by atoms with E-state index in [1.54, 1.807) is 30.3 Å². The highest BCUT2D eigenvalue weighted by atomic mass is 79.9. The van der Waals surface area contributed by atoms with Crippen LogP contribution in [0.15, 0.2) is 68.4 Å². The van der Waals surface area contributed by atoms with E-state index < -0.39 is 23.6 Å². The van der Waals surface area contributed by atoms with Crippen molar-refractivity contribution in [1.29, 1.82) is 0 Å². The minimum absolute atomic E-state index is 0.121. The first-order valence-electron chi connectivity index (χ1n) is 9.77. The molecule has 0 aliphatic carbocycles. The Balaban J connectivity index is 1.25. The van der Waals surface area contributed by atoms with Gasteiger partial charge in [-0.1, -0.05) is 28.1 Å². The predicted molar refractivity (Wildman–Crippen MR) is 126 cm³/mol. The number of benzene rings is 2. The molecule has 2 aliphatic heterocycles. The van der Waals surface area contributed by atoms with E-state index in [0.29, 0.717) is 28.7 Å². The van der Waals surface area contributed by atoms with E-state index in [4.69, 9.17) is 13.9 Å². The number of furan rings is 1. The third-order valence-electron chi connectivity index (χ3n) is 4.86. The van der Waals surface area contributed by atoms with Gasteiger partial charge in [0.15, 0.2) is 11.5 Å². The van der Waals surface area contributed by atoms with Crippen LogP contribution in [-0.4, -0.2) is 35.3 Å². The zero-order chi connectivity index (χ0) is 22.9. The number of ether oxygens (including phenoxy) is 2. The molecule has 10 heteroatoms. The number of hydrogen-bond acceptors (Lipinski definition) is 7. The van der Waals surface area contributed by atoms with E-state index >= 15 is 0 Å². The van der Waals surface area contributed by atoms with Crippen LogP contribution in [0.1, 0.15) is 5.76 Å². The van der Waals surface area contributed by atoms with E-state index in [1.165, 1.54) is 6.08 Å². The quantitative estimate of drug-likeness (QED) is 0.461. The molecule has 8 nitrogen and oxygen atoms in total. The molecule has 2 aromatic carbocycles. The number of halogens is 1. The number of carbonyl (C=O) groups excluding carboxylic acids is 3. The second-order valence-corrected chi connectivity index (χ2v) is 9.00. The molecule has 2 aliphatic rings. The van der Waals surface area contributed by atoms with Gasteiger partial charge in [0, 0.05) is 27.9 Å². The monoisotopic (exact) mass is 526 g/mol. The Hall–Kier alpha value is -3.50. The smallest absolute Gasteiger partial charge is 0.294 e. The maximum absolute atomic E-state index is 12.7. The van der Waals surface area contributed by atoms with Crippen LogP contribution >= 0.6 is 27.7 Å². The molecule has 1 aromatic heterocycles. The van der Waals surface area contributed by atoms with Gasteiger partial charge in [0.05, 0.1) is 4.91 Å². The molecule has 0 saturated carbocycles. The van der Waals surface area contributed by atoms with Crippen molar-refractivity contribution in [3.05, 3.63) is 69.7 Å². The second-order valence-electron chi connectivity index (χ2n) is 7.09. The molecule has 5 rings (SSSR count). The minimum atomic E-state index is -0.549. The van der Waals surface area contributed by atoms with Gasteiger partial charge in [0.2, 0.25) is 12.7 Å². The van der Waals surface area contributed by atoms with E-state index in [-0.39, 0.29) is 11.7 Å². The summed E-state index contributed by atoms with van der Waals surface area (Å²) in [7, 11) is 0. The Bertz CT molecular complexity index is 1300. The van der Waals surface area contributed by atoms with Crippen LogP contribution < -0.4 is 14.8 Å². The second kappa shape index (κ2) is 8.80. The summed E-state index contributed by atoms with van der Waals surface area (Å²) in [5, 5.41) is 2.14. The highest BCUT2D eigenvalue weighted by Crippen LogP contribution is 2.35. The van der Waals surface area contributed by atoms with Crippen LogP contribution in [0.2, 0.25) is 0 Å². The van der Waals surface area contributed by atoms with Gasteiger partial charge in [-0.15, -0.1) is 0 Å². The summed E-state index contributed by atoms with van der Waals surface area (Å²) in [6.45, 7) is -0.283. The fraction of sp³-hybridized carbons (Fsp3) is 0.0870. The number of imide groups is 1. The molecule has 0 radical (unpaired) electrons. The summed E-state index contributed by atoms with van der Waals surface area (Å²) >= 11 is 4.15. The fourth-order valence-corrected chi connectivity index (χ4v) is 4.37. The van der Waals surface area contributed by atoms with Gasteiger partial charge < -0.3 is 19.2 Å². The molecule has 1 saturated heterocycles. The van der Waals surface area contributed by atoms with E-state index in [2.05, 4.69) is 21.2 Å². The normalized spacial score (nSPS) is 16.0. The molecule has 1 N–H and O–H groups in total. The molecule has 3 amide bonds. The standard InChI is InChI=1S/C23H15BrN2O6S/c24-14-3-1-13(2-4-14)17-8-6-16(32-17)10-20-22(28)26(23(29)33-20)11-21(27)25-15-5-7-18-19(9-15)31-12-30-18/h1-10H,11-12H2,(H,25,27)/b20-10+. The maximum atomic E-state index is 12.7. The van der Waals surface area contributed by atoms with E-state index in [0.717, 1.165) is 26.7 Å². The summed E-state index contributed by atoms with van der Waals surface area (Å²) in [4.78, 5) is 38.6. The average Bonchev–Trinajstić information content (AvgIpc) is 3.51. The number of anilines is 1. The molecule has 0 unspecified atom stereocenters. The SMILES string of the molecule is O=C(CN1C(=O)S/C(=C/c2ccc(-c3ccc(Br)cc3)o2)C1=O)Nc1ccc2c(c1)OCO2. The summed E-state index contributed by atoms with van der Waals surface area (Å²) < 4.78 is 17.3. The van der Waals surface area contributed by atoms with Gasteiger partial charge in [0.25, 0.3) is 11.1 Å². The largest absolute Gasteiger partial charge is 0.457 e. The van der Waals surface area contributed by atoms with Crippen LogP contribution in [0.25, 0.3) is 17.4 Å². The van der Waals surface area contributed by atoms with Gasteiger partial charge in [0.1, 0.15) is 18.1 Å². The van der Waals surface area contributed by atoms with Crippen molar-refractivity contribution in [2.75, 3.05) is 18.7 Å². The van der Waals surface area contributed by atoms with E-state index in [9.17, 15) is 14.4 Å². The third kappa shape index (κ3) is 4.53. The molecule has 3 aromatic rings. The van der Waals surface area contributed by atoms with Gasteiger partial charge in [-0.2, -0.15) is 0 Å². The lowest BCUT2D eigenvalue weighted by Gasteiger charge is -2.12. The number of nitrogens with one attached hydrogen (secondary N) is 1. The molecule has 166 valence electrons. The third-order valence-corrected chi connectivity index (χ3v) is 6.30. The molecule has 0 bridgehead atoms. The molecular formula is C23H15BrN2O6S. The number of nitrogens with zero attached hydrogens (tertiary/aromatic N) is 1. The van der Waals surface area contributed by atoms with Crippen LogP contribution in [0.4, 0.5) is 10.5 Å². The Kier molecular flexibility index (Phi) is 5.69. The van der Waals surface area contributed by atoms with Gasteiger partial charge in [-0.3, -0.25) is 19.3 Å². The summed E-state index contributed by atoms with van der Waals surface area (Å²) in [5.41, 5.74) is 1.36. The Labute approximate surface area is 200 Å². The first-order chi connectivity index (χ1) is 16.0. The first-order valence-corrected chi connectivity index (χ1v) is 11.4. The van der Waals surface area contributed by atoms with Crippen molar-refractivity contribution in [2.24, 2.45) is 0 Å². The van der Waals surface area contributed by atoms with Crippen LogP contribution in [0.5, 0.6) is 11.5 Å². The van der Waals surface area contributed by atoms with E-state index in [1.807, 2.05) is 24.3 Å². The number of amides is 3. The van der Waals surface area contributed by atoms with Crippen molar-refractivity contribution in [3.8, 4) is 22.8 Å². The maximum Gasteiger partial charge on any atom is 0.294 e. The molecule has 0 spiro atoms. The first kappa shape index (κ1) is 21.4. The van der Waals surface area contributed by atoms with Gasteiger partial charge >= 0.3 is 0 Å². The van der Waals surface area contributed by atoms with Gasteiger partial charge in [-0.25, -0.2) is 0 Å². The lowest BCUT2D eigenvalue weighted by atomic mass is 10.2. The van der Waals surface area contributed by atoms with Crippen molar-refractivity contribution in [1.82, 2.24) is 4.90 Å². The molecule has 33 heavy (non-hydrogen) atoms. The lowest BCUT2D eigenvalue weighted by Crippen LogP contribution is -2.36. The summed E-state index contributed by atoms with van der Waals surface area (Å²) in [6, 6.07) is 16.1. The molecular weight excluding hydrogens is 512 g/mol. The number of hydrogen-bond donors (Lipinski definition) is 1. The van der Waals surface area contributed by atoms with Crippen molar-refractivity contribution in [2.45, 2.75) is 0 Å². The van der Waals surface area contributed by atoms with Crippen molar-refractivity contribution >= 4 is 56.5 Å². The van der Waals surface area contributed by atoms with Crippen molar-refractivity contribution < 1.29 is 28.3 Å². The Morgan fingerprint density at radius 3 is 2.67 bits per heavy atom. The summed E-state index contributed by atoms with van der Waals surface area (Å²) in [5.74, 6) is 1.12. The van der Waals surface area contributed by atoms with Crippen LogP contribution in [0.3, 0.4) is 0 Å². The van der Waals surface area contributed by atoms with Crippen molar-refractivity contribution in [3.63, 3.8) is 0 Å².